The fourth-order valence-electron chi connectivity index (χ4n) is 2.12. The number of carbonyl (C=O) groups excluding carboxylic acids is 2. The number of ether oxygens (including phenoxy) is 1. The summed E-state index contributed by atoms with van der Waals surface area (Å²) in [4.78, 5) is 26.9. The highest BCUT2D eigenvalue weighted by atomic mass is 35.5. The highest BCUT2D eigenvalue weighted by molar-refractivity contribution is 6.31. The third kappa shape index (κ3) is 4.27. The molecule has 0 saturated carbocycles. The minimum atomic E-state index is -0.522. The molecular formula is C17H14ClN3O4. The van der Waals surface area contributed by atoms with Gasteiger partial charge in [0, 0.05) is 11.9 Å². The van der Waals surface area contributed by atoms with Crippen LogP contribution in [0.5, 0.6) is 0 Å². The van der Waals surface area contributed by atoms with Crippen molar-refractivity contribution in [2.24, 2.45) is 0 Å². The number of carbonyl (C=O) groups is 2. The van der Waals surface area contributed by atoms with Gasteiger partial charge >= 0.3 is 5.97 Å². The largest absolute Gasteiger partial charge is 0.456 e. The molecule has 0 saturated heterocycles. The van der Waals surface area contributed by atoms with E-state index in [0.717, 1.165) is 0 Å². The zero-order valence-corrected chi connectivity index (χ0v) is 14.0. The zero-order valence-electron chi connectivity index (χ0n) is 13.2. The van der Waals surface area contributed by atoms with Crippen molar-refractivity contribution in [2.75, 3.05) is 17.2 Å². The summed E-state index contributed by atoms with van der Waals surface area (Å²) in [7, 11) is 0. The Kier molecular flexibility index (Phi) is 4.85. The normalized spacial score (nSPS) is 10.5. The van der Waals surface area contributed by atoms with Gasteiger partial charge < -0.3 is 19.8 Å². The number of aromatic nitrogens is 1. The Morgan fingerprint density at radius 2 is 1.96 bits per heavy atom. The van der Waals surface area contributed by atoms with Crippen molar-refractivity contribution in [1.29, 1.82) is 0 Å². The Balaban J connectivity index is 1.77. The monoisotopic (exact) mass is 359 g/mol. The Morgan fingerprint density at radius 1 is 1.20 bits per heavy atom. The van der Waals surface area contributed by atoms with E-state index in [-0.39, 0.29) is 12.6 Å². The van der Waals surface area contributed by atoms with Crippen LogP contribution in [0.2, 0.25) is 5.02 Å². The number of para-hydroxylation sites is 2. The van der Waals surface area contributed by atoms with Gasteiger partial charge in [-0.2, -0.15) is 4.98 Å². The molecule has 3 rings (SSSR count). The topological polar surface area (TPSA) is 93.5 Å². The molecule has 3 aromatic rings. The molecule has 1 aromatic heterocycles. The molecule has 0 fully saturated rings. The van der Waals surface area contributed by atoms with Gasteiger partial charge in [-0.25, -0.2) is 0 Å². The summed E-state index contributed by atoms with van der Waals surface area (Å²) in [5, 5.41) is 6.23. The quantitative estimate of drug-likeness (QED) is 0.674. The Bertz CT molecular complexity index is 939. The van der Waals surface area contributed by atoms with Crippen LogP contribution in [0.4, 0.5) is 17.4 Å². The van der Waals surface area contributed by atoms with Crippen molar-refractivity contribution in [3.8, 4) is 0 Å². The molecule has 0 aliphatic heterocycles. The highest BCUT2D eigenvalue weighted by Crippen LogP contribution is 2.28. The van der Waals surface area contributed by atoms with Crippen LogP contribution in [-0.2, 0) is 14.3 Å². The number of fused-ring (bicyclic) bond motifs is 1. The lowest BCUT2D eigenvalue weighted by Gasteiger charge is -2.10. The van der Waals surface area contributed by atoms with Crippen LogP contribution in [-0.4, -0.2) is 23.5 Å². The van der Waals surface area contributed by atoms with E-state index in [9.17, 15) is 9.59 Å². The van der Waals surface area contributed by atoms with E-state index >= 15 is 0 Å². The van der Waals surface area contributed by atoms with Crippen LogP contribution in [0, 0.1) is 0 Å². The average molecular weight is 360 g/mol. The van der Waals surface area contributed by atoms with Crippen molar-refractivity contribution in [1.82, 2.24) is 4.98 Å². The van der Waals surface area contributed by atoms with Crippen LogP contribution in [0.15, 0.2) is 46.9 Å². The molecule has 1 heterocycles. The number of nitrogens with one attached hydrogen (secondary N) is 2. The second-order valence-corrected chi connectivity index (χ2v) is 5.57. The minimum absolute atomic E-state index is 0.263. The lowest BCUT2D eigenvalue weighted by molar-refractivity contribution is -0.144. The van der Waals surface area contributed by atoms with E-state index in [1.165, 1.54) is 6.92 Å². The van der Waals surface area contributed by atoms with Crippen LogP contribution >= 0.6 is 11.6 Å². The van der Waals surface area contributed by atoms with Gasteiger partial charge in [0.25, 0.3) is 11.9 Å². The summed E-state index contributed by atoms with van der Waals surface area (Å²) in [6.45, 7) is 0.882. The number of esters is 1. The molecule has 0 bridgehead atoms. The molecule has 7 nitrogen and oxygen atoms in total. The third-order valence-electron chi connectivity index (χ3n) is 3.20. The number of hydrogen-bond donors (Lipinski definition) is 2. The fraction of sp³-hybridized carbons (Fsp3) is 0.118. The van der Waals surface area contributed by atoms with Gasteiger partial charge in [0.2, 0.25) is 0 Å². The van der Waals surface area contributed by atoms with Crippen LogP contribution in [0.25, 0.3) is 11.1 Å². The smallest absolute Gasteiger partial charge is 0.303 e. The van der Waals surface area contributed by atoms with Crippen molar-refractivity contribution in [2.45, 2.75) is 6.92 Å². The van der Waals surface area contributed by atoms with E-state index in [0.29, 0.717) is 27.5 Å². The molecule has 1 amide bonds. The summed E-state index contributed by atoms with van der Waals surface area (Å²) >= 11 is 5.94. The first-order valence-corrected chi connectivity index (χ1v) is 7.74. The fourth-order valence-corrected chi connectivity index (χ4v) is 2.29. The second kappa shape index (κ2) is 7.23. The maximum atomic E-state index is 11.8. The molecule has 0 spiro atoms. The Morgan fingerprint density at radius 3 is 2.72 bits per heavy atom. The molecular weight excluding hydrogens is 346 g/mol. The number of halogens is 1. The predicted molar refractivity (Wildman–Crippen MR) is 94.0 cm³/mol. The lowest BCUT2D eigenvalue weighted by atomic mass is 10.2. The molecule has 0 unspecified atom stereocenters. The van der Waals surface area contributed by atoms with Gasteiger partial charge in [-0.1, -0.05) is 23.7 Å². The number of benzene rings is 2. The van der Waals surface area contributed by atoms with Crippen LogP contribution < -0.4 is 10.6 Å². The van der Waals surface area contributed by atoms with Crippen molar-refractivity contribution in [3.05, 3.63) is 47.5 Å². The third-order valence-corrected chi connectivity index (χ3v) is 3.43. The zero-order chi connectivity index (χ0) is 17.8. The number of anilines is 3. The van der Waals surface area contributed by atoms with Crippen molar-refractivity contribution >= 4 is 52.0 Å². The van der Waals surface area contributed by atoms with E-state index in [1.807, 2.05) is 0 Å². The number of oxazole rings is 1. The number of nitrogens with zero attached hydrogens (tertiary/aromatic N) is 1. The molecule has 0 atom stereocenters. The van der Waals surface area contributed by atoms with Gasteiger partial charge in [-0.15, -0.1) is 0 Å². The molecule has 2 aromatic carbocycles. The number of rotatable bonds is 5. The van der Waals surface area contributed by atoms with E-state index in [2.05, 4.69) is 20.4 Å². The highest BCUT2D eigenvalue weighted by Gasteiger charge is 2.11. The van der Waals surface area contributed by atoms with Crippen LogP contribution in [0.3, 0.4) is 0 Å². The maximum Gasteiger partial charge on any atom is 0.303 e. The van der Waals surface area contributed by atoms with Gasteiger partial charge in [-0.05, 0) is 30.3 Å². The predicted octanol–water partition coefficient (Wildman–Crippen LogP) is 3.73. The first-order valence-electron chi connectivity index (χ1n) is 7.36. The molecule has 0 radical (unpaired) electrons. The Hall–Kier alpha value is -3.06. The van der Waals surface area contributed by atoms with Gasteiger partial charge in [0.15, 0.2) is 12.2 Å². The first-order chi connectivity index (χ1) is 12.0. The first kappa shape index (κ1) is 16.8. The van der Waals surface area contributed by atoms with E-state index in [4.69, 9.17) is 16.0 Å². The maximum absolute atomic E-state index is 11.8. The molecule has 8 heteroatoms. The SMILES string of the molecule is CC(=O)OCC(=O)Nc1ccccc1Nc1nc2cc(Cl)ccc2o1. The molecule has 0 aliphatic rings. The Labute approximate surface area is 147 Å². The summed E-state index contributed by atoms with van der Waals surface area (Å²) in [5.74, 6) is -0.972. The van der Waals surface area contributed by atoms with Gasteiger partial charge in [0.05, 0.1) is 11.4 Å². The molecule has 0 aliphatic carbocycles. The summed E-state index contributed by atoms with van der Waals surface area (Å²) in [5.41, 5.74) is 2.28. The summed E-state index contributed by atoms with van der Waals surface area (Å²) < 4.78 is 10.3. The number of amides is 1. The summed E-state index contributed by atoms with van der Waals surface area (Å²) in [6.07, 6.45) is 0. The van der Waals surface area contributed by atoms with E-state index in [1.54, 1.807) is 42.5 Å². The standard InChI is InChI=1S/C17H14ClN3O4/c1-10(22)24-9-16(23)19-12-4-2-3-5-13(12)20-17-21-14-8-11(18)6-7-15(14)25-17/h2-8H,9H2,1H3,(H,19,23)(H,20,21). The summed E-state index contributed by atoms with van der Waals surface area (Å²) in [6, 6.07) is 12.4. The average Bonchev–Trinajstić information content (AvgIpc) is 2.96. The number of hydrogen-bond acceptors (Lipinski definition) is 6. The molecule has 25 heavy (non-hydrogen) atoms. The lowest BCUT2D eigenvalue weighted by Crippen LogP contribution is -2.20. The second-order valence-electron chi connectivity index (χ2n) is 5.13. The van der Waals surface area contributed by atoms with E-state index < -0.39 is 11.9 Å². The van der Waals surface area contributed by atoms with Crippen LogP contribution in [0.1, 0.15) is 6.92 Å². The van der Waals surface area contributed by atoms with Gasteiger partial charge in [0.1, 0.15) is 5.52 Å². The molecule has 128 valence electrons. The van der Waals surface area contributed by atoms with Crippen molar-refractivity contribution in [3.63, 3.8) is 0 Å². The molecule has 2 N–H and O–H groups in total. The van der Waals surface area contributed by atoms with Crippen molar-refractivity contribution < 1.29 is 18.7 Å². The van der Waals surface area contributed by atoms with Gasteiger partial charge in [-0.3, -0.25) is 9.59 Å². The minimum Gasteiger partial charge on any atom is -0.456 e.